The molecule has 0 aliphatic carbocycles. The topological polar surface area (TPSA) is 3.24 Å². The molecule has 0 spiro atoms. The Hall–Kier alpha value is -7.74. The molecule has 11 aromatic rings. The van der Waals surface area contributed by atoms with Gasteiger partial charge in [0.2, 0.25) is 0 Å². The van der Waals surface area contributed by atoms with Crippen molar-refractivity contribution in [3.05, 3.63) is 236 Å². The van der Waals surface area contributed by atoms with E-state index in [2.05, 4.69) is 0 Å². The van der Waals surface area contributed by atoms with Crippen LogP contribution in [0.5, 0.6) is 0 Å². The molecule has 276 valence electrons. The van der Waals surface area contributed by atoms with E-state index >= 15 is 0 Å². The molecule has 1 nitrogen and oxygen atoms in total. The molecular formula is C58H39N. The molecule has 0 aromatic heterocycles. The Balaban J connectivity index is 1.27. The summed E-state index contributed by atoms with van der Waals surface area (Å²) in [4.78, 5) is 1.08. The molecule has 1 heteroatoms. The number of hydrogen-bond donors (Lipinski definition) is 0. The summed E-state index contributed by atoms with van der Waals surface area (Å²) in [5.74, 6) is 0. The molecule has 0 saturated carbocycles. The van der Waals surface area contributed by atoms with Gasteiger partial charge in [0.25, 0.3) is 0 Å². The van der Waals surface area contributed by atoms with Gasteiger partial charge in [0.15, 0.2) is 0 Å². The largest absolute Gasteiger partial charge is 0.310 e. The summed E-state index contributed by atoms with van der Waals surface area (Å²) in [6.45, 7) is 0. The molecule has 0 unspecified atom stereocenters. The summed E-state index contributed by atoms with van der Waals surface area (Å²) < 4.78 is 269. The summed E-state index contributed by atoms with van der Waals surface area (Å²) >= 11 is 0. The van der Waals surface area contributed by atoms with Gasteiger partial charge in [-0.05, 0) is 136 Å². The normalized spacial score (nSPS) is 18.5. The zero-order chi connectivity index (χ0) is 65.2. The fourth-order valence-corrected chi connectivity index (χ4v) is 6.98. The van der Waals surface area contributed by atoms with E-state index in [0.29, 0.717) is 0 Å². The smallest absolute Gasteiger partial charge is 0.0645 e. The van der Waals surface area contributed by atoms with Crippen molar-refractivity contribution < 1.29 is 41.1 Å². The number of benzene rings is 11. The fourth-order valence-electron chi connectivity index (χ4n) is 6.98. The van der Waals surface area contributed by atoms with Crippen LogP contribution in [0.3, 0.4) is 0 Å². The first-order chi connectivity index (χ1) is 41.7. The minimum Gasteiger partial charge on any atom is -0.310 e. The third-order valence-corrected chi connectivity index (χ3v) is 9.63. The third kappa shape index (κ3) is 6.21. The highest BCUT2D eigenvalue weighted by Crippen LogP contribution is 2.43. The molecule has 59 heavy (non-hydrogen) atoms. The lowest BCUT2D eigenvalue weighted by molar-refractivity contribution is 1.28. The summed E-state index contributed by atoms with van der Waals surface area (Å²) in [6, 6.07) is -11.3. The van der Waals surface area contributed by atoms with Gasteiger partial charge in [-0.25, -0.2) is 0 Å². The second-order valence-corrected chi connectivity index (χ2v) is 13.0. The first-order valence-electron chi connectivity index (χ1n) is 32.9. The zero-order valence-corrected chi connectivity index (χ0v) is 30.1. The number of rotatable bonds is 7. The molecule has 0 fully saturated rings. The van der Waals surface area contributed by atoms with Gasteiger partial charge in [-0.15, -0.1) is 0 Å². The van der Waals surface area contributed by atoms with Crippen molar-refractivity contribution in [3.63, 3.8) is 0 Å². The van der Waals surface area contributed by atoms with Crippen molar-refractivity contribution in [1.29, 1.82) is 0 Å². The fraction of sp³-hybridized carbons (Fsp3) is 0. The van der Waals surface area contributed by atoms with E-state index in [1.54, 1.807) is 0 Å². The minimum absolute atomic E-state index is 0.170. The van der Waals surface area contributed by atoms with E-state index in [1.807, 2.05) is 0 Å². The van der Waals surface area contributed by atoms with Crippen LogP contribution in [0.4, 0.5) is 17.1 Å². The molecule has 0 radical (unpaired) electrons. The highest BCUT2D eigenvalue weighted by atomic mass is 15.1. The minimum atomic E-state index is -0.817. The van der Waals surface area contributed by atoms with Crippen molar-refractivity contribution in [2.75, 3.05) is 4.90 Å². The first-order valence-corrected chi connectivity index (χ1v) is 17.9. The molecule has 0 N–H and O–H groups in total. The van der Waals surface area contributed by atoms with Gasteiger partial charge in [0.1, 0.15) is 0 Å². The number of fused-ring (bicyclic) bond motifs is 6. The van der Waals surface area contributed by atoms with Crippen LogP contribution in [-0.2, 0) is 0 Å². The average Bonchev–Trinajstić information content (AvgIpc) is 0.726. The molecule has 11 rings (SSSR count). The molecule has 0 saturated heterocycles. The van der Waals surface area contributed by atoms with Crippen molar-refractivity contribution >= 4 is 60.2 Å². The van der Waals surface area contributed by atoms with E-state index in [9.17, 15) is 9.60 Å². The molecule has 0 aliphatic rings. The molecule has 11 aromatic carbocycles. The maximum Gasteiger partial charge on any atom is 0.0645 e. The van der Waals surface area contributed by atoms with Crippen LogP contribution in [0.15, 0.2) is 236 Å². The lowest BCUT2D eigenvalue weighted by Crippen LogP contribution is -2.10. The van der Waals surface area contributed by atoms with Gasteiger partial charge in [0.05, 0.1) is 41.1 Å². The quantitative estimate of drug-likeness (QED) is 0.146. The van der Waals surface area contributed by atoms with Gasteiger partial charge < -0.3 is 4.90 Å². The average molecular weight is 780 g/mol. The maximum absolute atomic E-state index is 9.91. The summed E-state index contributed by atoms with van der Waals surface area (Å²) in [5.41, 5.74) is -3.64. The molecule has 0 atom stereocenters. The SMILES string of the molecule is [2H]c1cc(N(c2cc([2H])c(-c3cc([2H])c([2H])c([2H])c3[2H])c(-c3ccc([2H])c([2H])c3[2H])c2)c2ccc(-c3c([2H])c4c([2H])c([2H])c([2H])c([2H])c4c4c([2H])c([2H])c([2H])c([2H])c34)c([2H])c2[2H])c([2H])cc1-c1c([2H])c2c([2H])c([2H])c([2H])c([2H])c2c2c([2H])c([2H])c([2H])c([2H])c12. The Bertz CT molecular complexity index is 4930. The predicted molar refractivity (Wildman–Crippen MR) is 253 cm³/mol. The highest BCUT2D eigenvalue weighted by molar-refractivity contribution is 6.15. The van der Waals surface area contributed by atoms with Gasteiger partial charge in [-0.2, -0.15) is 0 Å². The number of anilines is 3. The van der Waals surface area contributed by atoms with Crippen LogP contribution in [0.2, 0.25) is 0 Å². The van der Waals surface area contributed by atoms with Gasteiger partial charge in [-0.3, -0.25) is 0 Å². The second kappa shape index (κ2) is 14.6. The predicted octanol–water partition coefficient (Wildman–Crippen LogP) is 16.4. The van der Waals surface area contributed by atoms with Gasteiger partial charge >= 0.3 is 0 Å². The molecule has 0 aliphatic heterocycles. The van der Waals surface area contributed by atoms with Crippen molar-refractivity contribution in [3.8, 4) is 44.5 Å². The zero-order valence-electron chi connectivity index (χ0n) is 60.1. The van der Waals surface area contributed by atoms with Crippen molar-refractivity contribution in [1.82, 2.24) is 0 Å². The van der Waals surface area contributed by atoms with Crippen LogP contribution in [0.1, 0.15) is 41.1 Å². The van der Waals surface area contributed by atoms with E-state index in [4.69, 9.17) is 31.5 Å². The van der Waals surface area contributed by atoms with Crippen LogP contribution >= 0.6 is 0 Å². The molecule has 0 bridgehead atoms. The molecule has 0 amide bonds. The second-order valence-electron chi connectivity index (χ2n) is 13.0. The van der Waals surface area contributed by atoms with E-state index in [0.717, 1.165) is 41.3 Å². The summed E-state index contributed by atoms with van der Waals surface area (Å²) in [6.07, 6.45) is 0. The Morgan fingerprint density at radius 3 is 1.54 bits per heavy atom. The van der Waals surface area contributed by atoms with Crippen LogP contribution < -0.4 is 4.90 Å². The number of hydrogen-bond acceptors (Lipinski definition) is 1. The van der Waals surface area contributed by atoms with E-state index in [1.165, 1.54) is 18.2 Å². The number of nitrogens with zero attached hydrogens (tertiary/aromatic N) is 1. The van der Waals surface area contributed by atoms with Gasteiger partial charge in [-0.1, -0.05) is 187 Å². The van der Waals surface area contributed by atoms with Crippen LogP contribution in [-0.4, -0.2) is 0 Å². The molecule has 0 heterocycles. The molecular weight excluding hydrogens is 711 g/mol. The third-order valence-electron chi connectivity index (χ3n) is 9.63. The Morgan fingerprint density at radius 2 is 0.831 bits per heavy atom. The monoisotopic (exact) mass is 779 g/mol. The Labute approximate surface area is 386 Å². The van der Waals surface area contributed by atoms with Crippen LogP contribution in [0, 0.1) is 0 Å². The van der Waals surface area contributed by atoms with E-state index in [-0.39, 0.29) is 27.9 Å². The summed E-state index contributed by atoms with van der Waals surface area (Å²) in [5, 5.41) is -3.61. The first kappa shape index (κ1) is 15.5. The Morgan fingerprint density at radius 1 is 0.288 bits per heavy atom. The highest BCUT2D eigenvalue weighted by Gasteiger charge is 2.18. The van der Waals surface area contributed by atoms with Gasteiger partial charge in [0, 0.05) is 17.1 Å². The maximum atomic E-state index is 9.91. The van der Waals surface area contributed by atoms with Crippen molar-refractivity contribution in [2.45, 2.75) is 0 Å². The standard InChI is InChI=1S/C58H39N/c1-3-15-40(16-4-1)51-36-35-48(39-58(51)41-17-5-2-6-18-41)59(46-31-27-42(28-32-46)56-37-44-19-7-9-21-49(44)52-23-11-13-25-54(52)56)47-33-29-43(30-34-47)57-38-45-20-8-10-22-50(45)53-24-12-14-26-55(53)57/h1-39H/i1D,2D,3D,4D,5D,7D,8D,9D,10D,11D,12D,13D,14D,15D,17D,19D,20D,21D,22D,23D,24D,25D,26D,27D,29D,31D,34D,36D,37D,38D. The van der Waals surface area contributed by atoms with Crippen LogP contribution in [0.25, 0.3) is 87.6 Å². The lowest BCUT2D eigenvalue weighted by Gasteiger charge is -2.27. The van der Waals surface area contributed by atoms with E-state index < -0.39 is 258 Å². The lowest BCUT2D eigenvalue weighted by atomic mass is 9.92. The summed E-state index contributed by atoms with van der Waals surface area (Å²) in [7, 11) is 0. The van der Waals surface area contributed by atoms with Crippen molar-refractivity contribution in [2.24, 2.45) is 0 Å². The Kier molecular flexibility index (Phi) is 3.86.